The minimum Gasteiger partial charge on any atom is -0.522 e. The predicted octanol–water partition coefficient (Wildman–Crippen LogP) is 3.59. The molecule has 0 fully saturated rings. The minimum atomic E-state index is -0.708. The number of carbonyl (C=O) groups is 2. The third-order valence-corrected chi connectivity index (χ3v) is 5.72. The Balaban J connectivity index is 1.74. The first-order chi connectivity index (χ1) is 14.8. The number of hydrogen-bond acceptors (Lipinski definition) is 6. The molecule has 31 heavy (non-hydrogen) atoms. The van der Waals surface area contributed by atoms with Crippen LogP contribution >= 0.6 is 11.3 Å². The molecule has 1 atom stereocenters. The highest BCUT2D eigenvalue weighted by Crippen LogP contribution is 2.31. The molecule has 1 N–H and O–H groups in total. The monoisotopic (exact) mass is 437 g/mol. The van der Waals surface area contributed by atoms with Crippen LogP contribution in [-0.2, 0) is 9.47 Å². The number of hydrogen-bond donors (Lipinski definition) is 1. The lowest BCUT2D eigenvalue weighted by Crippen LogP contribution is -2.50. The van der Waals surface area contributed by atoms with Gasteiger partial charge in [-0.05, 0) is 44.8 Å². The number of ether oxygens (including phenoxy) is 2. The van der Waals surface area contributed by atoms with Gasteiger partial charge in [0.15, 0.2) is 0 Å². The molecule has 160 valence electrons. The van der Waals surface area contributed by atoms with E-state index < -0.39 is 11.7 Å². The number of methoxy groups -OCH3 is 1. The van der Waals surface area contributed by atoms with Crippen LogP contribution in [0.15, 0.2) is 65.2 Å². The molecular formula is C23H23N3O4S. The maximum atomic E-state index is 13.5. The fraction of sp³-hybridized carbons (Fsp3) is 0.261. The van der Waals surface area contributed by atoms with Gasteiger partial charge in [0.1, 0.15) is 5.60 Å². The molecule has 8 heteroatoms. The average molecular weight is 438 g/mol. The Morgan fingerprint density at radius 1 is 1.35 bits per heavy atom. The quantitative estimate of drug-likeness (QED) is 0.341. The number of pyridine rings is 1. The lowest BCUT2D eigenvalue weighted by molar-refractivity contribution is -0.574. The third-order valence-electron chi connectivity index (χ3n) is 4.74. The maximum Gasteiger partial charge on any atom is 0.550 e. The number of fused-ring (bicyclic) bond motifs is 1. The zero-order valence-electron chi connectivity index (χ0n) is 17.7. The van der Waals surface area contributed by atoms with Gasteiger partial charge in [0, 0.05) is 17.5 Å². The molecule has 0 bridgehead atoms. The number of aromatic nitrogens is 2. The van der Waals surface area contributed by atoms with Crippen molar-refractivity contribution in [1.29, 1.82) is 0 Å². The van der Waals surface area contributed by atoms with E-state index in [0.29, 0.717) is 10.6 Å². The van der Waals surface area contributed by atoms with Gasteiger partial charge in [-0.1, -0.05) is 12.1 Å². The Morgan fingerprint density at radius 2 is 2.16 bits per heavy atom. The van der Waals surface area contributed by atoms with E-state index in [2.05, 4.69) is 10.3 Å². The van der Waals surface area contributed by atoms with E-state index in [4.69, 9.17) is 9.47 Å². The minimum absolute atomic E-state index is 0.148. The molecule has 0 radical (unpaired) electrons. The molecule has 4 rings (SSSR count). The van der Waals surface area contributed by atoms with Crippen LogP contribution in [0.5, 0.6) is 0 Å². The van der Waals surface area contributed by atoms with Crippen LogP contribution in [0.2, 0.25) is 0 Å². The number of allylic oxidation sites excluding steroid dienone is 1. The normalized spacial score (nSPS) is 17.4. The lowest BCUT2D eigenvalue weighted by Gasteiger charge is -2.26. The van der Waals surface area contributed by atoms with E-state index in [1.807, 2.05) is 24.6 Å². The van der Waals surface area contributed by atoms with Gasteiger partial charge >= 0.3 is 11.1 Å². The Labute approximate surface area is 184 Å². The highest BCUT2D eigenvalue weighted by atomic mass is 32.1. The van der Waals surface area contributed by atoms with Crippen molar-refractivity contribution in [3.05, 3.63) is 77.3 Å². The first-order valence-electron chi connectivity index (χ1n) is 9.78. The van der Waals surface area contributed by atoms with Crippen molar-refractivity contribution in [2.45, 2.75) is 32.4 Å². The second-order valence-electron chi connectivity index (χ2n) is 8.08. The van der Waals surface area contributed by atoms with Gasteiger partial charge in [0.05, 0.1) is 7.11 Å². The summed E-state index contributed by atoms with van der Waals surface area (Å²) < 4.78 is 12.2. The summed E-state index contributed by atoms with van der Waals surface area (Å²) in [6, 6.07) is 3.48. The highest BCUT2D eigenvalue weighted by Gasteiger charge is 2.39. The summed E-state index contributed by atoms with van der Waals surface area (Å²) in [6.07, 6.45) is 9.97. The van der Waals surface area contributed by atoms with Crippen LogP contribution in [0, 0.1) is 6.42 Å². The zero-order chi connectivity index (χ0) is 22.2. The Morgan fingerprint density at radius 3 is 2.84 bits per heavy atom. The largest absolute Gasteiger partial charge is 0.550 e. The molecule has 0 aromatic carbocycles. The van der Waals surface area contributed by atoms with E-state index >= 15 is 0 Å². The molecule has 0 saturated carbocycles. The number of thiazole rings is 1. The maximum absolute atomic E-state index is 13.5. The van der Waals surface area contributed by atoms with Crippen molar-refractivity contribution < 1.29 is 23.6 Å². The van der Waals surface area contributed by atoms with Crippen molar-refractivity contribution in [2.24, 2.45) is 0 Å². The first-order valence-corrected chi connectivity index (χ1v) is 10.7. The summed E-state index contributed by atoms with van der Waals surface area (Å²) in [6.45, 7) is 5.37. The fourth-order valence-electron chi connectivity index (χ4n) is 3.36. The molecule has 2 aromatic rings. The molecule has 1 aliphatic heterocycles. The van der Waals surface area contributed by atoms with Gasteiger partial charge in [-0.15, -0.1) is 22.6 Å². The SMILES string of the molecule is COC1=CC2NC=C(C(=O)c3c[s+][c-](-c4cccnc4)[n+]3C(=O)OC(C)(C)C)C2=C[CH-]1. The number of Topliss-reactive ketones (excluding diaryl/α,β-unsaturated/α-hetero) is 1. The molecule has 7 nitrogen and oxygen atoms in total. The Hall–Kier alpha value is -3.39. The standard InChI is InChI=1S/C23H23N3O4S/c1-23(2,3)30-22(28)26-19(13-31-21(26)14-6-5-9-24-11-14)20(27)17-12-25-18-10-15(29-4)7-8-16(17)18/h5-13,18,25H,1-4H3. The van der Waals surface area contributed by atoms with Crippen molar-refractivity contribution in [2.75, 3.05) is 7.11 Å². The van der Waals surface area contributed by atoms with Gasteiger partial charge in [0.25, 0.3) is 0 Å². The van der Waals surface area contributed by atoms with Gasteiger partial charge < -0.3 is 14.8 Å². The highest BCUT2D eigenvalue weighted by molar-refractivity contribution is 7.13. The summed E-state index contributed by atoms with van der Waals surface area (Å²) in [4.78, 5) is 30.8. The average Bonchev–Trinajstić information content (AvgIpc) is 3.37. The molecular weight excluding hydrogens is 414 g/mol. The van der Waals surface area contributed by atoms with Crippen LogP contribution in [-0.4, -0.2) is 35.6 Å². The van der Waals surface area contributed by atoms with Gasteiger partial charge in [-0.3, -0.25) is 9.78 Å². The number of carbonyl (C=O) groups excluding carboxylic acids is 2. The van der Waals surface area contributed by atoms with E-state index in [1.165, 1.54) is 15.9 Å². The molecule has 0 amide bonds. The smallest absolute Gasteiger partial charge is 0.522 e. The summed E-state index contributed by atoms with van der Waals surface area (Å²) in [7, 11) is 1.60. The second-order valence-corrected chi connectivity index (χ2v) is 8.93. The Kier molecular flexibility index (Phi) is 5.41. The van der Waals surface area contributed by atoms with E-state index in [1.54, 1.807) is 57.9 Å². The van der Waals surface area contributed by atoms with E-state index in [-0.39, 0.29) is 17.5 Å². The fourth-order valence-corrected chi connectivity index (χ4v) is 4.34. The number of ketones is 1. The molecule has 0 spiro atoms. The lowest BCUT2D eigenvalue weighted by atomic mass is 9.93. The second kappa shape index (κ2) is 8.03. The Bertz CT molecular complexity index is 1120. The molecule has 2 aromatic heterocycles. The summed E-state index contributed by atoms with van der Waals surface area (Å²) >= 11 is 1.30. The van der Waals surface area contributed by atoms with Crippen molar-refractivity contribution in [3.8, 4) is 10.6 Å². The first kappa shape index (κ1) is 20.9. The van der Waals surface area contributed by atoms with Gasteiger partial charge in [0.2, 0.25) is 28.2 Å². The molecule has 3 heterocycles. The topological polar surface area (TPSA) is 81.4 Å². The van der Waals surface area contributed by atoms with Crippen LogP contribution in [0.3, 0.4) is 0 Å². The van der Waals surface area contributed by atoms with Gasteiger partial charge in [-0.2, -0.15) is 6.08 Å². The summed E-state index contributed by atoms with van der Waals surface area (Å²) in [5, 5.41) is 5.46. The predicted molar refractivity (Wildman–Crippen MR) is 116 cm³/mol. The van der Waals surface area contributed by atoms with Crippen LogP contribution in [0.25, 0.3) is 10.6 Å². The molecule has 1 unspecified atom stereocenters. The molecule has 0 saturated heterocycles. The van der Waals surface area contributed by atoms with Crippen molar-refractivity contribution in [3.63, 3.8) is 0 Å². The summed E-state index contributed by atoms with van der Waals surface area (Å²) in [5.41, 5.74) is 1.59. The van der Waals surface area contributed by atoms with Gasteiger partial charge in [-0.25, -0.2) is 4.79 Å². The molecule has 2 aliphatic rings. The third kappa shape index (κ3) is 4.11. The van der Waals surface area contributed by atoms with Crippen LogP contribution in [0.1, 0.15) is 31.3 Å². The number of nitrogens with zero attached hydrogens (tertiary/aromatic N) is 2. The number of nitrogens with one attached hydrogen (secondary N) is 1. The van der Waals surface area contributed by atoms with Crippen molar-refractivity contribution >= 4 is 23.2 Å². The molecule has 1 aliphatic carbocycles. The van der Waals surface area contributed by atoms with E-state index in [9.17, 15) is 9.59 Å². The van der Waals surface area contributed by atoms with Crippen LogP contribution < -0.4 is 9.88 Å². The van der Waals surface area contributed by atoms with Crippen LogP contribution in [0.4, 0.5) is 4.79 Å². The summed E-state index contributed by atoms with van der Waals surface area (Å²) in [5.74, 6) is 0.461. The zero-order valence-corrected chi connectivity index (χ0v) is 18.5. The van der Waals surface area contributed by atoms with Crippen molar-refractivity contribution in [1.82, 2.24) is 10.3 Å². The van der Waals surface area contributed by atoms with E-state index in [0.717, 1.165) is 16.9 Å². The number of rotatable bonds is 4.